The number of fused-ring (bicyclic) bond motifs is 1. The first-order valence-electron chi connectivity index (χ1n) is 13.8. The zero-order chi connectivity index (χ0) is 27.6. The smallest absolute Gasteiger partial charge is 0.254 e. The standard InChI is InChI=1S/C31H36BrClN4O2/c1-4-39-35-29(22-5-7-24(32)8-6-22)23-10-15-37(16-11-23)31(3)12-17-36(18-13-31)30(38)25-9-14-34-28-20-27(33)21(2)19-26(25)28/h5-9,14,19-20,23H,4,10-13,15-18H2,1-3H3/b35-29-. The second kappa shape index (κ2) is 11.9. The summed E-state index contributed by atoms with van der Waals surface area (Å²) in [5, 5.41) is 6.08. The van der Waals surface area contributed by atoms with Crippen LogP contribution in [-0.2, 0) is 4.84 Å². The predicted octanol–water partition coefficient (Wildman–Crippen LogP) is 7.11. The summed E-state index contributed by atoms with van der Waals surface area (Å²) in [6, 6.07) is 14.0. The average molecular weight is 612 g/mol. The Balaban J connectivity index is 1.23. The molecule has 2 aromatic carbocycles. The Kier molecular flexibility index (Phi) is 8.60. The maximum absolute atomic E-state index is 13.6. The minimum Gasteiger partial charge on any atom is -0.396 e. The van der Waals surface area contributed by atoms with E-state index in [1.54, 1.807) is 6.20 Å². The van der Waals surface area contributed by atoms with Crippen molar-refractivity contribution < 1.29 is 9.63 Å². The Morgan fingerprint density at radius 3 is 2.49 bits per heavy atom. The molecule has 2 fully saturated rings. The highest BCUT2D eigenvalue weighted by molar-refractivity contribution is 9.10. The van der Waals surface area contributed by atoms with Gasteiger partial charge in [0.05, 0.1) is 16.8 Å². The molecule has 0 spiro atoms. The van der Waals surface area contributed by atoms with Crippen molar-refractivity contribution >= 4 is 50.1 Å². The van der Waals surface area contributed by atoms with E-state index in [2.05, 4.69) is 62.2 Å². The van der Waals surface area contributed by atoms with Gasteiger partial charge in [-0.15, -0.1) is 0 Å². The molecular formula is C31H36BrClN4O2. The molecule has 6 nitrogen and oxygen atoms in total. The van der Waals surface area contributed by atoms with Crippen molar-refractivity contribution in [1.82, 2.24) is 14.8 Å². The summed E-state index contributed by atoms with van der Waals surface area (Å²) in [5.41, 5.74) is 4.69. The fourth-order valence-electron chi connectivity index (χ4n) is 5.95. The van der Waals surface area contributed by atoms with Gasteiger partial charge in [-0.05, 0) is 101 Å². The lowest BCUT2D eigenvalue weighted by molar-refractivity contribution is 0.0162. The molecule has 5 rings (SSSR count). The van der Waals surface area contributed by atoms with E-state index < -0.39 is 0 Å². The molecule has 0 unspecified atom stereocenters. The number of aryl methyl sites for hydroxylation is 1. The molecule has 2 aliphatic rings. The summed E-state index contributed by atoms with van der Waals surface area (Å²) < 4.78 is 1.06. The molecule has 0 bridgehead atoms. The zero-order valence-electron chi connectivity index (χ0n) is 22.9. The van der Waals surface area contributed by atoms with Gasteiger partial charge in [0.1, 0.15) is 6.61 Å². The third-order valence-electron chi connectivity index (χ3n) is 8.46. The molecule has 0 radical (unpaired) electrons. The summed E-state index contributed by atoms with van der Waals surface area (Å²) >= 11 is 9.84. The van der Waals surface area contributed by atoms with Gasteiger partial charge in [0, 0.05) is 45.6 Å². The first-order chi connectivity index (χ1) is 18.8. The molecule has 2 saturated heterocycles. The van der Waals surface area contributed by atoms with Gasteiger partial charge in [0.2, 0.25) is 0 Å². The van der Waals surface area contributed by atoms with Gasteiger partial charge in [0.15, 0.2) is 0 Å². The van der Waals surface area contributed by atoms with Gasteiger partial charge in [-0.2, -0.15) is 0 Å². The van der Waals surface area contributed by atoms with E-state index >= 15 is 0 Å². The monoisotopic (exact) mass is 610 g/mol. The number of hydrogen-bond donors (Lipinski definition) is 0. The molecule has 2 aliphatic heterocycles. The summed E-state index contributed by atoms with van der Waals surface area (Å²) in [4.78, 5) is 28.2. The fourth-order valence-corrected chi connectivity index (χ4v) is 6.37. The molecule has 0 atom stereocenters. The van der Waals surface area contributed by atoms with Crippen molar-refractivity contribution in [2.75, 3.05) is 32.8 Å². The summed E-state index contributed by atoms with van der Waals surface area (Å²) in [6.07, 6.45) is 5.72. The summed E-state index contributed by atoms with van der Waals surface area (Å²) in [7, 11) is 0. The maximum atomic E-state index is 13.6. The Hall–Kier alpha value is -2.48. The number of nitrogens with zero attached hydrogens (tertiary/aromatic N) is 4. The molecule has 0 saturated carbocycles. The third kappa shape index (κ3) is 6.01. The van der Waals surface area contributed by atoms with E-state index in [4.69, 9.17) is 16.4 Å². The van der Waals surface area contributed by atoms with Crippen LogP contribution in [0.2, 0.25) is 5.02 Å². The number of carbonyl (C=O) groups is 1. The normalized spacial score (nSPS) is 18.9. The second-order valence-corrected chi connectivity index (χ2v) is 12.3. The van der Waals surface area contributed by atoms with Crippen LogP contribution in [0.15, 0.2) is 58.3 Å². The molecule has 39 heavy (non-hydrogen) atoms. The number of likely N-dealkylation sites (tertiary alicyclic amines) is 2. The number of pyridine rings is 1. The molecule has 0 aliphatic carbocycles. The minimum absolute atomic E-state index is 0.0798. The van der Waals surface area contributed by atoms with E-state index in [-0.39, 0.29) is 11.4 Å². The lowest BCUT2D eigenvalue weighted by atomic mass is 9.82. The number of hydrogen-bond acceptors (Lipinski definition) is 5. The van der Waals surface area contributed by atoms with Crippen molar-refractivity contribution in [3.05, 3.63) is 74.8 Å². The SMILES string of the molecule is CCO/N=C(/c1ccc(Br)cc1)C1CCN(C2(C)CCN(C(=O)c3ccnc4cc(Cl)c(C)cc34)CC2)CC1. The molecule has 8 heteroatoms. The molecule has 206 valence electrons. The van der Waals surface area contributed by atoms with Crippen LogP contribution in [0.1, 0.15) is 61.0 Å². The molecule has 3 heterocycles. The number of rotatable bonds is 6. The van der Waals surface area contributed by atoms with Crippen molar-refractivity contribution in [2.24, 2.45) is 11.1 Å². The van der Waals surface area contributed by atoms with Crippen molar-refractivity contribution in [3.63, 3.8) is 0 Å². The number of aromatic nitrogens is 1. The van der Waals surface area contributed by atoms with Crippen LogP contribution in [0, 0.1) is 12.8 Å². The van der Waals surface area contributed by atoms with Crippen LogP contribution in [0.5, 0.6) is 0 Å². The number of amides is 1. The largest absolute Gasteiger partial charge is 0.396 e. The third-order valence-corrected chi connectivity index (χ3v) is 9.39. The summed E-state index contributed by atoms with van der Waals surface area (Å²) in [5.74, 6) is 0.451. The Labute approximate surface area is 244 Å². The predicted molar refractivity (Wildman–Crippen MR) is 162 cm³/mol. The second-order valence-electron chi connectivity index (χ2n) is 10.9. The van der Waals surface area contributed by atoms with E-state index in [1.807, 2.05) is 36.9 Å². The number of piperidine rings is 2. The van der Waals surface area contributed by atoms with Crippen molar-refractivity contribution in [2.45, 2.75) is 52.0 Å². The lowest BCUT2D eigenvalue weighted by Gasteiger charge is -2.49. The highest BCUT2D eigenvalue weighted by atomic mass is 79.9. The van der Waals surface area contributed by atoms with Crippen LogP contribution in [-0.4, -0.2) is 64.7 Å². The Bertz CT molecular complexity index is 1360. The number of benzene rings is 2. The topological polar surface area (TPSA) is 58.0 Å². The first-order valence-corrected chi connectivity index (χ1v) is 15.0. The van der Waals surface area contributed by atoms with E-state index in [0.29, 0.717) is 23.1 Å². The van der Waals surface area contributed by atoms with Gasteiger partial charge in [-0.1, -0.05) is 44.8 Å². The molecular weight excluding hydrogens is 576 g/mol. The maximum Gasteiger partial charge on any atom is 0.254 e. The van der Waals surface area contributed by atoms with E-state index in [0.717, 1.165) is 84.1 Å². The van der Waals surface area contributed by atoms with Gasteiger partial charge in [-0.25, -0.2) is 0 Å². The summed E-state index contributed by atoms with van der Waals surface area (Å²) in [6.45, 7) is 10.4. The minimum atomic E-state index is 0.0798. The van der Waals surface area contributed by atoms with Crippen LogP contribution in [0.4, 0.5) is 0 Å². The van der Waals surface area contributed by atoms with E-state index in [1.165, 1.54) is 0 Å². The highest BCUT2D eigenvalue weighted by Crippen LogP contribution is 2.35. The van der Waals surface area contributed by atoms with Gasteiger partial charge in [0.25, 0.3) is 5.91 Å². The zero-order valence-corrected chi connectivity index (χ0v) is 25.3. The Morgan fingerprint density at radius 2 is 1.82 bits per heavy atom. The first kappa shape index (κ1) is 28.1. The molecule has 3 aromatic rings. The lowest BCUT2D eigenvalue weighted by Crippen LogP contribution is -2.56. The molecule has 1 amide bonds. The molecule has 0 N–H and O–H groups in total. The quantitative estimate of drug-likeness (QED) is 0.220. The van der Waals surface area contributed by atoms with Gasteiger partial charge < -0.3 is 9.74 Å². The van der Waals surface area contributed by atoms with Crippen LogP contribution >= 0.6 is 27.5 Å². The fraction of sp³-hybridized carbons (Fsp3) is 0.452. The van der Waals surface area contributed by atoms with Crippen molar-refractivity contribution in [1.29, 1.82) is 0 Å². The highest BCUT2D eigenvalue weighted by Gasteiger charge is 2.39. The van der Waals surface area contributed by atoms with Gasteiger partial charge in [-0.3, -0.25) is 14.7 Å². The number of oxime groups is 1. The van der Waals surface area contributed by atoms with E-state index in [9.17, 15) is 4.79 Å². The Morgan fingerprint density at radius 1 is 1.13 bits per heavy atom. The van der Waals surface area contributed by atoms with Crippen molar-refractivity contribution in [3.8, 4) is 0 Å². The molecule has 1 aromatic heterocycles. The van der Waals surface area contributed by atoms with Crippen LogP contribution < -0.4 is 0 Å². The average Bonchev–Trinajstić information content (AvgIpc) is 2.95. The van der Waals surface area contributed by atoms with Crippen LogP contribution in [0.25, 0.3) is 10.9 Å². The number of halogens is 2. The van der Waals surface area contributed by atoms with Gasteiger partial charge >= 0.3 is 0 Å². The number of carbonyl (C=O) groups excluding carboxylic acids is 1. The van der Waals surface area contributed by atoms with Crippen LogP contribution in [0.3, 0.4) is 0 Å².